The minimum absolute atomic E-state index is 0.143. The Kier molecular flexibility index (Phi) is 7.25. The van der Waals surface area contributed by atoms with E-state index in [1.807, 2.05) is 25.1 Å². The maximum absolute atomic E-state index is 9.77. The average Bonchev–Trinajstić information content (AvgIpc) is 2.43. The van der Waals surface area contributed by atoms with Gasteiger partial charge in [0.1, 0.15) is 24.2 Å². The van der Waals surface area contributed by atoms with Gasteiger partial charge in [0, 0.05) is 25.3 Å². The molecule has 0 heterocycles. The number of nitrogens with one attached hydrogen (secondary N) is 1. The highest BCUT2D eigenvalue weighted by atomic mass is 16.5. The van der Waals surface area contributed by atoms with Crippen molar-refractivity contribution < 1.29 is 19.7 Å². The van der Waals surface area contributed by atoms with Crippen LogP contribution in [0.4, 0.5) is 0 Å². The molecule has 0 unspecified atom stereocenters. The van der Waals surface area contributed by atoms with Crippen LogP contribution in [0, 0.1) is 0 Å². The first kappa shape index (κ1) is 15.8. The lowest BCUT2D eigenvalue weighted by Crippen LogP contribution is -2.37. The maximum atomic E-state index is 9.77. The first-order valence-corrected chi connectivity index (χ1v) is 6.45. The first-order chi connectivity index (χ1) is 9.15. The second-order valence-electron chi connectivity index (χ2n) is 4.47. The summed E-state index contributed by atoms with van der Waals surface area (Å²) in [7, 11) is 1.60. The molecule has 1 aromatic carbocycles. The Morgan fingerprint density at radius 3 is 2.74 bits per heavy atom. The van der Waals surface area contributed by atoms with Crippen molar-refractivity contribution in [3.63, 3.8) is 0 Å². The average molecular weight is 269 g/mol. The zero-order chi connectivity index (χ0) is 14.1. The number of benzene rings is 1. The quantitative estimate of drug-likeness (QED) is 0.618. The van der Waals surface area contributed by atoms with E-state index in [-0.39, 0.29) is 19.3 Å². The molecule has 5 heteroatoms. The standard InChI is InChI=1S/C14H23NO4/c1-11(6-7-16)15-9-12(17)10-19-14-5-3-4-13(8-14)18-2/h3-5,8,11-12,15-17H,6-7,9-10H2,1-2H3/t11-,12-/m1/s1. The lowest BCUT2D eigenvalue weighted by atomic mass is 10.2. The monoisotopic (exact) mass is 269 g/mol. The minimum atomic E-state index is -0.590. The van der Waals surface area contributed by atoms with E-state index in [0.29, 0.717) is 18.7 Å². The van der Waals surface area contributed by atoms with Crippen molar-refractivity contribution in [2.24, 2.45) is 0 Å². The molecule has 5 nitrogen and oxygen atoms in total. The molecule has 19 heavy (non-hydrogen) atoms. The largest absolute Gasteiger partial charge is 0.497 e. The second kappa shape index (κ2) is 8.74. The van der Waals surface area contributed by atoms with Crippen LogP contribution >= 0.6 is 0 Å². The van der Waals surface area contributed by atoms with E-state index in [9.17, 15) is 5.11 Å². The highest BCUT2D eigenvalue weighted by molar-refractivity contribution is 5.32. The van der Waals surface area contributed by atoms with Crippen LogP contribution in [0.1, 0.15) is 13.3 Å². The summed E-state index contributed by atoms with van der Waals surface area (Å²) in [5.74, 6) is 1.39. The van der Waals surface area contributed by atoms with Crippen LogP contribution in [0.15, 0.2) is 24.3 Å². The Labute approximate surface area is 114 Å². The molecule has 1 aromatic rings. The van der Waals surface area contributed by atoms with Crippen molar-refractivity contribution in [3.05, 3.63) is 24.3 Å². The van der Waals surface area contributed by atoms with Crippen LogP contribution in [0.5, 0.6) is 11.5 Å². The molecule has 0 aliphatic carbocycles. The number of ether oxygens (including phenoxy) is 2. The molecule has 3 N–H and O–H groups in total. The number of hydrogen-bond acceptors (Lipinski definition) is 5. The molecule has 108 valence electrons. The lowest BCUT2D eigenvalue weighted by molar-refractivity contribution is 0.103. The first-order valence-electron chi connectivity index (χ1n) is 6.45. The van der Waals surface area contributed by atoms with Gasteiger partial charge in [-0.05, 0) is 25.5 Å². The van der Waals surface area contributed by atoms with Gasteiger partial charge in [-0.25, -0.2) is 0 Å². The van der Waals surface area contributed by atoms with Crippen molar-refractivity contribution in [2.45, 2.75) is 25.5 Å². The van der Waals surface area contributed by atoms with Gasteiger partial charge in [0.2, 0.25) is 0 Å². The molecule has 0 fully saturated rings. The smallest absolute Gasteiger partial charge is 0.123 e. The number of aliphatic hydroxyl groups excluding tert-OH is 2. The van der Waals surface area contributed by atoms with E-state index in [4.69, 9.17) is 14.6 Å². The maximum Gasteiger partial charge on any atom is 0.123 e. The third kappa shape index (κ3) is 6.42. The van der Waals surface area contributed by atoms with Gasteiger partial charge in [0.15, 0.2) is 0 Å². The van der Waals surface area contributed by atoms with Crippen molar-refractivity contribution in [1.82, 2.24) is 5.32 Å². The Morgan fingerprint density at radius 2 is 2.05 bits per heavy atom. The van der Waals surface area contributed by atoms with Crippen LogP contribution in [-0.4, -0.2) is 49.2 Å². The van der Waals surface area contributed by atoms with Gasteiger partial charge < -0.3 is 25.0 Å². The van der Waals surface area contributed by atoms with Gasteiger partial charge in [-0.1, -0.05) is 6.07 Å². The summed E-state index contributed by atoms with van der Waals surface area (Å²) in [4.78, 5) is 0. The second-order valence-corrected chi connectivity index (χ2v) is 4.47. The van der Waals surface area contributed by atoms with Gasteiger partial charge in [0.25, 0.3) is 0 Å². The van der Waals surface area contributed by atoms with Crippen molar-refractivity contribution >= 4 is 0 Å². The van der Waals surface area contributed by atoms with Gasteiger partial charge >= 0.3 is 0 Å². The molecule has 1 rings (SSSR count). The van der Waals surface area contributed by atoms with E-state index in [1.54, 1.807) is 13.2 Å². The molecule has 0 spiro atoms. The van der Waals surface area contributed by atoms with Crippen LogP contribution in [0.25, 0.3) is 0 Å². The van der Waals surface area contributed by atoms with Gasteiger partial charge in [0.05, 0.1) is 7.11 Å². The van der Waals surface area contributed by atoms with E-state index in [0.717, 1.165) is 5.75 Å². The Balaban J connectivity index is 2.27. The summed E-state index contributed by atoms with van der Waals surface area (Å²) in [5.41, 5.74) is 0. The molecule has 0 saturated heterocycles. The van der Waals surface area contributed by atoms with Crippen LogP contribution in [-0.2, 0) is 0 Å². The highest BCUT2D eigenvalue weighted by Crippen LogP contribution is 2.18. The minimum Gasteiger partial charge on any atom is -0.497 e. The van der Waals surface area contributed by atoms with Crippen LogP contribution in [0.2, 0.25) is 0 Å². The Hall–Kier alpha value is -1.30. The normalized spacial score (nSPS) is 13.9. The number of hydrogen-bond donors (Lipinski definition) is 3. The predicted molar refractivity (Wildman–Crippen MR) is 73.7 cm³/mol. The fourth-order valence-electron chi connectivity index (χ4n) is 1.58. The van der Waals surface area contributed by atoms with E-state index in [1.165, 1.54) is 0 Å². The molecule has 2 atom stereocenters. The summed E-state index contributed by atoms with van der Waals surface area (Å²) in [6.07, 6.45) is 0.0797. The molecular weight excluding hydrogens is 246 g/mol. The summed E-state index contributed by atoms with van der Waals surface area (Å²) in [6, 6.07) is 7.44. The number of aliphatic hydroxyl groups is 2. The molecule has 0 radical (unpaired) electrons. The number of methoxy groups -OCH3 is 1. The van der Waals surface area contributed by atoms with Gasteiger partial charge in [-0.15, -0.1) is 0 Å². The molecule has 0 amide bonds. The SMILES string of the molecule is COc1cccc(OC[C@H](O)CN[C@H](C)CCO)c1. The van der Waals surface area contributed by atoms with E-state index >= 15 is 0 Å². The summed E-state index contributed by atoms with van der Waals surface area (Å²) < 4.78 is 10.6. The molecule has 0 aromatic heterocycles. The number of rotatable bonds is 9. The lowest BCUT2D eigenvalue weighted by Gasteiger charge is -2.17. The predicted octanol–water partition coefficient (Wildman–Crippen LogP) is 0.795. The van der Waals surface area contributed by atoms with Crippen LogP contribution < -0.4 is 14.8 Å². The van der Waals surface area contributed by atoms with Crippen molar-refractivity contribution in [1.29, 1.82) is 0 Å². The van der Waals surface area contributed by atoms with Crippen LogP contribution in [0.3, 0.4) is 0 Å². The Bertz CT molecular complexity index is 359. The Morgan fingerprint density at radius 1 is 1.32 bits per heavy atom. The van der Waals surface area contributed by atoms with Gasteiger partial charge in [-0.3, -0.25) is 0 Å². The van der Waals surface area contributed by atoms with Crippen molar-refractivity contribution in [2.75, 3.05) is 26.9 Å². The summed E-state index contributed by atoms with van der Waals surface area (Å²) >= 11 is 0. The molecular formula is C14H23NO4. The highest BCUT2D eigenvalue weighted by Gasteiger charge is 2.08. The third-order valence-corrected chi connectivity index (χ3v) is 2.75. The summed E-state index contributed by atoms with van der Waals surface area (Å²) in [6.45, 7) is 2.76. The van der Waals surface area contributed by atoms with Gasteiger partial charge in [-0.2, -0.15) is 0 Å². The molecule has 0 aliphatic rings. The molecule has 0 saturated carbocycles. The van der Waals surface area contributed by atoms with E-state index < -0.39 is 6.10 Å². The van der Waals surface area contributed by atoms with Crippen molar-refractivity contribution in [3.8, 4) is 11.5 Å². The third-order valence-electron chi connectivity index (χ3n) is 2.75. The topological polar surface area (TPSA) is 71.0 Å². The fraction of sp³-hybridized carbons (Fsp3) is 0.571. The van der Waals surface area contributed by atoms with E-state index in [2.05, 4.69) is 5.32 Å². The zero-order valence-electron chi connectivity index (χ0n) is 11.5. The molecule has 0 aliphatic heterocycles. The zero-order valence-corrected chi connectivity index (χ0v) is 11.5. The molecule has 0 bridgehead atoms. The summed E-state index contributed by atoms with van der Waals surface area (Å²) in [5, 5.41) is 21.7. The fourth-order valence-corrected chi connectivity index (χ4v) is 1.58.